The molecule has 0 amide bonds. The lowest BCUT2D eigenvalue weighted by Gasteiger charge is -2.31. The molecular weight excluding hydrogens is 250 g/mol. The molecule has 1 aliphatic carbocycles. The smallest absolute Gasteiger partial charge is 0.0772 e. The summed E-state index contributed by atoms with van der Waals surface area (Å²) in [6, 6.07) is 10.7. The highest BCUT2D eigenvalue weighted by Gasteiger charge is 2.24. The van der Waals surface area contributed by atoms with Gasteiger partial charge in [0.25, 0.3) is 0 Å². The Morgan fingerprint density at radius 3 is 2.95 bits per heavy atom. The second-order valence-corrected chi connectivity index (χ2v) is 5.31. The molecule has 106 valence electrons. The SMILES string of the molecule is COC1CCCCC1Nc1cccc(-n2cccn2)c1. The summed E-state index contributed by atoms with van der Waals surface area (Å²) in [6.45, 7) is 0. The first kappa shape index (κ1) is 13.2. The van der Waals surface area contributed by atoms with Gasteiger partial charge in [0.05, 0.1) is 17.8 Å². The molecule has 0 spiro atoms. The Morgan fingerprint density at radius 2 is 2.15 bits per heavy atom. The molecule has 2 aromatic rings. The van der Waals surface area contributed by atoms with Crippen molar-refractivity contribution in [2.45, 2.75) is 37.8 Å². The first-order valence-electron chi connectivity index (χ1n) is 7.26. The average molecular weight is 271 g/mol. The first-order valence-corrected chi connectivity index (χ1v) is 7.26. The lowest BCUT2D eigenvalue weighted by molar-refractivity contribution is 0.0606. The Morgan fingerprint density at radius 1 is 1.25 bits per heavy atom. The summed E-state index contributed by atoms with van der Waals surface area (Å²) in [5.74, 6) is 0. The summed E-state index contributed by atoms with van der Waals surface area (Å²) in [4.78, 5) is 0. The number of nitrogens with one attached hydrogen (secondary N) is 1. The maximum atomic E-state index is 5.60. The maximum Gasteiger partial charge on any atom is 0.0772 e. The molecule has 1 aromatic heterocycles. The van der Waals surface area contributed by atoms with Crippen molar-refractivity contribution in [3.05, 3.63) is 42.7 Å². The van der Waals surface area contributed by atoms with Crippen LogP contribution in [0.15, 0.2) is 42.7 Å². The summed E-state index contributed by atoms with van der Waals surface area (Å²) in [5, 5.41) is 7.89. The minimum Gasteiger partial charge on any atom is -0.380 e. The lowest BCUT2D eigenvalue weighted by atomic mass is 9.92. The number of benzene rings is 1. The van der Waals surface area contributed by atoms with Crippen LogP contribution >= 0.6 is 0 Å². The number of methoxy groups -OCH3 is 1. The third-order valence-electron chi connectivity index (χ3n) is 3.97. The minimum absolute atomic E-state index is 0.317. The fourth-order valence-corrected chi connectivity index (χ4v) is 2.92. The number of rotatable bonds is 4. The van der Waals surface area contributed by atoms with E-state index in [-0.39, 0.29) is 0 Å². The van der Waals surface area contributed by atoms with Crippen molar-refractivity contribution in [3.8, 4) is 5.69 Å². The van der Waals surface area contributed by atoms with Gasteiger partial charge in [-0.15, -0.1) is 0 Å². The van der Waals surface area contributed by atoms with Crippen molar-refractivity contribution in [3.63, 3.8) is 0 Å². The van der Waals surface area contributed by atoms with Crippen LogP contribution in [-0.4, -0.2) is 29.0 Å². The molecule has 4 nitrogen and oxygen atoms in total. The van der Waals surface area contributed by atoms with Gasteiger partial charge in [0.2, 0.25) is 0 Å². The topological polar surface area (TPSA) is 39.1 Å². The fraction of sp³-hybridized carbons (Fsp3) is 0.438. The van der Waals surface area contributed by atoms with Crippen molar-refractivity contribution < 1.29 is 4.74 Å². The number of hydrogen-bond donors (Lipinski definition) is 1. The third kappa shape index (κ3) is 2.85. The highest BCUT2D eigenvalue weighted by molar-refractivity contribution is 5.51. The molecule has 1 saturated carbocycles. The standard InChI is InChI=1S/C16H21N3O/c1-20-16-9-3-2-8-15(16)18-13-6-4-7-14(12-13)19-11-5-10-17-19/h4-7,10-12,15-16,18H,2-3,8-9H2,1H3. The Hall–Kier alpha value is -1.81. The quantitative estimate of drug-likeness (QED) is 0.928. The first-order chi connectivity index (χ1) is 9.86. The van der Waals surface area contributed by atoms with Crippen molar-refractivity contribution in [2.24, 2.45) is 0 Å². The normalized spacial score (nSPS) is 22.6. The zero-order valence-corrected chi connectivity index (χ0v) is 11.8. The van der Waals surface area contributed by atoms with Crippen LogP contribution in [0, 0.1) is 0 Å². The van der Waals surface area contributed by atoms with Crippen LogP contribution in [-0.2, 0) is 4.74 Å². The van der Waals surface area contributed by atoms with E-state index in [1.165, 1.54) is 19.3 Å². The second-order valence-electron chi connectivity index (χ2n) is 5.31. The van der Waals surface area contributed by atoms with E-state index in [1.54, 1.807) is 6.20 Å². The van der Waals surface area contributed by atoms with Gasteiger partial charge in [0.15, 0.2) is 0 Å². The van der Waals surface area contributed by atoms with E-state index in [9.17, 15) is 0 Å². The van der Waals surface area contributed by atoms with Gasteiger partial charge in [0, 0.05) is 25.2 Å². The summed E-state index contributed by atoms with van der Waals surface area (Å²) in [6.07, 6.45) is 8.93. The van der Waals surface area contributed by atoms with E-state index in [0.717, 1.165) is 17.8 Å². The molecule has 4 heteroatoms. The van der Waals surface area contributed by atoms with Gasteiger partial charge in [-0.1, -0.05) is 18.9 Å². The van der Waals surface area contributed by atoms with Crippen molar-refractivity contribution in [1.29, 1.82) is 0 Å². The minimum atomic E-state index is 0.317. The van der Waals surface area contributed by atoms with Crippen LogP contribution in [0.5, 0.6) is 0 Å². The van der Waals surface area contributed by atoms with Crippen LogP contribution in [0.25, 0.3) is 5.69 Å². The zero-order valence-electron chi connectivity index (χ0n) is 11.8. The summed E-state index contributed by atoms with van der Waals surface area (Å²) >= 11 is 0. The molecule has 3 rings (SSSR count). The van der Waals surface area contributed by atoms with E-state index < -0.39 is 0 Å². The molecule has 1 aliphatic rings. The van der Waals surface area contributed by atoms with Gasteiger partial charge < -0.3 is 10.1 Å². The molecule has 1 N–H and O–H groups in total. The third-order valence-corrected chi connectivity index (χ3v) is 3.97. The van der Waals surface area contributed by atoms with Crippen LogP contribution in [0.2, 0.25) is 0 Å². The molecule has 1 aromatic carbocycles. The molecule has 1 heterocycles. The molecule has 20 heavy (non-hydrogen) atoms. The number of ether oxygens (including phenoxy) is 1. The van der Waals surface area contributed by atoms with Gasteiger partial charge in [-0.2, -0.15) is 5.10 Å². The number of hydrogen-bond acceptors (Lipinski definition) is 3. The highest BCUT2D eigenvalue weighted by Crippen LogP contribution is 2.25. The summed E-state index contributed by atoms with van der Waals surface area (Å²) in [7, 11) is 1.81. The van der Waals surface area contributed by atoms with Crippen LogP contribution in [0.4, 0.5) is 5.69 Å². The number of anilines is 1. The predicted octanol–water partition coefficient (Wildman–Crippen LogP) is 3.24. The molecule has 2 unspecified atom stereocenters. The lowest BCUT2D eigenvalue weighted by Crippen LogP contribution is -2.37. The summed E-state index contributed by atoms with van der Waals surface area (Å²) < 4.78 is 7.47. The molecule has 0 bridgehead atoms. The Bertz CT molecular complexity index is 538. The van der Waals surface area contributed by atoms with Gasteiger partial charge in [-0.3, -0.25) is 0 Å². The van der Waals surface area contributed by atoms with E-state index in [0.29, 0.717) is 12.1 Å². The maximum absolute atomic E-state index is 5.60. The Labute approximate surface area is 119 Å². The van der Waals surface area contributed by atoms with E-state index in [1.807, 2.05) is 24.1 Å². The van der Waals surface area contributed by atoms with Gasteiger partial charge in [0.1, 0.15) is 0 Å². The second kappa shape index (κ2) is 6.09. The highest BCUT2D eigenvalue weighted by atomic mass is 16.5. The Kier molecular flexibility index (Phi) is 4.02. The average Bonchev–Trinajstić information content (AvgIpc) is 3.02. The Balaban J connectivity index is 1.75. The molecule has 0 aliphatic heterocycles. The monoisotopic (exact) mass is 271 g/mol. The molecule has 2 atom stereocenters. The van der Waals surface area contributed by atoms with Gasteiger partial charge in [-0.25, -0.2) is 4.68 Å². The van der Waals surface area contributed by atoms with Crippen molar-refractivity contribution >= 4 is 5.69 Å². The van der Waals surface area contributed by atoms with Crippen molar-refractivity contribution in [2.75, 3.05) is 12.4 Å². The predicted molar refractivity (Wildman–Crippen MR) is 80.2 cm³/mol. The summed E-state index contributed by atoms with van der Waals surface area (Å²) in [5.41, 5.74) is 2.21. The van der Waals surface area contributed by atoms with Gasteiger partial charge >= 0.3 is 0 Å². The van der Waals surface area contributed by atoms with E-state index in [4.69, 9.17) is 4.74 Å². The molecular formula is C16H21N3O. The van der Waals surface area contributed by atoms with E-state index >= 15 is 0 Å². The molecule has 0 saturated heterocycles. The van der Waals surface area contributed by atoms with Crippen LogP contribution < -0.4 is 5.32 Å². The molecule has 0 radical (unpaired) electrons. The van der Waals surface area contributed by atoms with E-state index in [2.05, 4.69) is 34.7 Å². The zero-order chi connectivity index (χ0) is 13.8. The van der Waals surface area contributed by atoms with Crippen LogP contribution in [0.3, 0.4) is 0 Å². The number of aromatic nitrogens is 2. The van der Waals surface area contributed by atoms with Crippen LogP contribution in [0.1, 0.15) is 25.7 Å². The van der Waals surface area contributed by atoms with Gasteiger partial charge in [-0.05, 0) is 37.1 Å². The fourth-order valence-electron chi connectivity index (χ4n) is 2.92. The number of nitrogens with zero attached hydrogens (tertiary/aromatic N) is 2. The largest absolute Gasteiger partial charge is 0.380 e. The van der Waals surface area contributed by atoms with Crippen molar-refractivity contribution in [1.82, 2.24) is 9.78 Å². The molecule has 1 fully saturated rings.